The van der Waals surface area contributed by atoms with Crippen molar-refractivity contribution in [2.75, 3.05) is 6.61 Å². The third-order valence-electron chi connectivity index (χ3n) is 3.84. The van der Waals surface area contributed by atoms with Crippen molar-refractivity contribution < 1.29 is 13.9 Å². The van der Waals surface area contributed by atoms with Crippen molar-refractivity contribution >= 4 is 28.5 Å². The van der Waals surface area contributed by atoms with Crippen LogP contribution in [0.4, 0.5) is 4.39 Å². The molecule has 1 heterocycles. The van der Waals surface area contributed by atoms with Gasteiger partial charge in [-0.1, -0.05) is 29.8 Å². The zero-order valence-corrected chi connectivity index (χ0v) is 14.2. The fourth-order valence-electron chi connectivity index (χ4n) is 2.66. The van der Waals surface area contributed by atoms with Crippen LogP contribution in [0.2, 0.25) is 5.02 Å². The molecule has 3 rings (SSSR count). The summed E-state index contributed by atoms with van der Waals surface area (Å²) in [6.45, 7) is 2.10. The summed E-state index contributed by atoms with van der Waals surface area (Å²) in [5.74, 6) is -1.17. The maximum atomic E-state index is 13.7. The zero-order valence-electron chi connectivity index (χ0n) is 13.5. The van der Waals surface area contributed by atoms with E-state index in [9.17, 15) is 14.0 Å². The number of ether oxygens (including phenoxy) is 1. The average molecular weight is 360 g/mol. The lowest BCUT2D eigenvalue weighted by Gasteiger charge is -2.14. The van der Waals surface area contributed by atoms with Crippen LogP contribution in [-0.4, -0.2) is 17.1 Å². The van der Waals surface area contributed by atoms with Crippen molar-refractivity contribution in [3.05, 3.63) is 80.9 Å². The van der Waals surface area contributed by atoms with Gasteiger partial charge in [-0.3, -0.25) is 4.79 Å². The van der Waals surface area contributed by atoms with Gasteiger partial charge < -0.3 is 9.30 Å². The molecule has 1 aromatic heterocycles. The van der Waals surface area contributed by atoms with Crippen molar-refractivity contribution in [3.63, 3.8) is 0 Å². The monoisotopic (exact) mass is 359 g/mol. The lowest BCUT2D eigenvalue weighted by molar-refractivity contribution is 0.0524. The predicted octanol–water partition coefficient (Wildman–Crippen LogP) is 4.02. The molecule has 0 atom stereocenters. The summed E-state index contributed by atoms with van der Waals surface area (Å²) < 4.78 is 20.3. The Balaban J connectivity index is 2.23. The molecule has 4 nitrogen and oxygen atoms in total. The minimum atomic E-state index is -0.702. The minimum Gasteiger partial charge on any atom is -0.462 e. The Bertz CT molecular complexity index is 1010. The smallest absolute Gasteiger partial charge is 0.343 e. The van der Waals surface area contributed by atoms with Crippen LogP contribution < -0.4 is 5.43 Å². The second-order valence-electron chi connectivity index (χ2n) is 5.47. The largest absolute Gasteiger partial charge is 0.462 e. The molecular weight excluding hydrogens is 345 g/mol. The molecule has 0 bridgehead atoms. The number of carbonyl (C=O) groups is 1. The maximum absolute atomic E-state index is 13.7. The standard InChI is InChI=1S/C19H15ClFNO3/c1-2-25-19(24)15-11-22(10-12-5-3-4-6-16(12)20)17-9-13(21)7-8-14(17)18(15)23/h3-9,11H,2,10H2,1H3. The van der Waals surface area contributed by atoms with Crippen LogP contribution in [0.25, 0.3) is 10.9 Å². The predicted molar refractivity (Wildman–Crippen MR) is 94.7 cm³/mol. The number of hydrogen-bond acceptors (Lipinski definition) is 3. The molecule has 25 heavy (non-hydrogen) atoms. The highest BCUT2D eigenvalue weighted by Gasteiger charge is 2.17. The molecule has 0 amide bonds. The van der Waals surface area contributed by atoms with Gasteiger partial charge in [0, 0.05) is 23.2 Å². The Morgan fingerprint density at radius 2 is 2.00 bits per heavy atom. The number of fused-ring (bicyclic) bond motifs is 1. The van der Waals surface area contributed by atoms with Gasteiger partial charge in [0.05, 0.1) is 12.1 Å². The molecule has 2 aromatic carbocycles. The summed E-state index contributed by atoms with van der Waals surface area (Å²) in [5.41, 5.74) is 0.600. The molecule has 0 radical (unpaired) electrons. The summed E-state index contributed by atoms with van der Waals surface area (Å²) in [6, 6.07) is 11.0. The number of esters is 1. The van der Waals surface area contributed by atoms with Gasteiger partial charge in [-0.05, 0) is 36.8 Å². The second-order valence-corrected chi connectivity index (χ2v) is 5.88. The molecule has 0 saturated carbocycles. The quantitative estimate of drug-likeness (QED) is 0.661. The summed E-state index contributed by atoms with van der Waals surface area (Å²) in [4.78, 5) is 24.7. The summed E-state index contributed by atoms with van der Waals surface area (Å²) in [6.07, 6.45) is 1.39. The zero-order chi connectivity index (χ0) is 18.0. The van der Waals surface area contributed by atoms with Crippen molar-refractivity contribution in [1.29, 1.82) is 0 Å². The van der Waals surface area contributed by atoms with E-state index in [-0.39, 0.29) is 24.1 Å². The summed E-state index contributed by atoms with van der Waals surface area (Å²) >= 11 is 6.20. The van der Waals surface area contributed by atoms with Gasteiger partial charge in [0.25, 0.3) is 0 Å². The first kappa shape index (κ1) is 17.2. The Hall–Kier alpha value is -2.66. The topological polar surface area (TPSA) is 48.3 Å². The fourth-order valence-corrected chi connectivity index (χ4v) is 2.85. The molecule has 3 aromatic rings. The summed E-state index contributed by atoms with van der Waals surface area (Å²) in [7, 11) is 0. The van der Waals surface area contributed by atoms with E-state index in [1.165, 1.54) is 24.4 Å². The fraction of sp³-hybridized carbons (Fsp3) is 0.158. The third kappa shape index (κ3) is 3.42. The van der Waals surface area contributed by atoms with Crippen molar-refractivity contribution in [1.82, 2.24) is 4.57 Å². The highest BCUT2D eigenvalue weighted by atomic mass is 35.5. The molecule has 0 aliphatic carbocycles. The van der Waals surface area contributed by atoms with E-state index in [0.717, 1.165) is 5.56 Å². The minimum absolute atomic E-state index is 0.0898. The van der Waals surface area contributed by atoms with E-state index >= 15 is 0 Å². The van der Waals surface area contributed by atoms with Crippen molar-refractivity contribution in [2.24, 2.45) is 0 Å². The van der Waals surface area contributed by atoms with Crippen LogP contribution in [0, 0.1) is 5.82 Å². The first-order valence-corrected chi connectivity index (χ1v) is 8.12. The molecule has 0 saturated heterocycles. The number of pyridine rings is 1. The summed E-state index contributed by atoms with van der Waals surface area (Å²) in [5, 5.41) is 0.794. The van der Waals surface area contributed by atoms with Crippen molar-refractivity contribution in [3.8, 4) is 0 Å². The molecule has 128 valence electrons. The molecule has 0 N–H and O–H groups in total. The van der Waals surface area contributed by atoms with Gasteiger partial charge in [-0.2, -0.15) is 0 Å². The normalized spacial score (nSPS) is 10.8. The molecule has 0 aliphatic rings. The molecule has 0 unspecified atom stereocenters. The van der Waals surface area contributed by atoms with E-state index < -0.39 is 17.2 Å². The van der Waals surface area contributed by atoms with Crippen LogP contribution in [-0.2, 0) is 11.3 Å². The SMILES string of the molecule is CCOC(=O)c1cn(Cc2ccccc2Cl)c2cc(F)ccc2c1=O. The number of rotatable bonds is 4. The number of carbonyl (C=O) groups excluding carboxylic acids is 1. The number of hydrogen-bond donors (Lipinski definition) is 0. The van der Waals surface area contributed by atoms with Gasteiger partial charge in [-0.15, -0.1) is 0 Å². The van der Waals surface area contributed by atoms with Crippen LogP contribution in [0.1, 0.15) is 22.8 Å². The van der Waals surface area contributed by atoms with Crippen LogP contribution in [0.3, 0.4) is 0 Å². The Morgan fingerprint density at radius 1 is 1.24 bits per heavy atom. The number of halogens is 2. The molecule has 6 heteroatoms. The highest BCUT2D eigenvalue weighted by Crippen LogP contribution is 2.20. The van der Waals surface area contributed by atoms with E-state index in [2.05, 4.69) is 0 Å². The van der Waals surface area contributed by atoms with Gasteiger partial charge in [0.1, 0.15) is 11.4 Å². The van der Waals surface area contributed by atoms with Gasteiger partial charge >= 0.3 is 5.97 Å². The third-order valence-corrected chi connectivity index (χ3v) is 4.21. The van der Waals surface area contributed by atoms with Gasteiger partial charge in [-0.25, -0.2) is 9.18 Å². The first-order chi connectivity index (χ1) is 12.0. The molecular formula is C19H15ClFNO3. The number of benzene rings is 2. The second kappa shape index (κ2) is 7.07. The number of nitrogens with zero attached hydrogens (tertiary/aromatic N) is 1. The lowest BCUT2D eigenvalue weighted by atomic mass is 10.1. The Kier molecular flexibility index (Phi) is 4.86. The molecule has 0 aliphatic heterocycles. The molecule has 0 fully saturated rings. The van der Waals surface area contributed by atoms with Crippen molar-refractivity contribution in [2.45, 2.75) is 13.5 Å². The van der Waals surface area contributed by atoms with E-state index in [4.69, 9.17) is 16.3 Å². The van der Waals surface area contributed by atoms with Crippen LogP contribution in [0.15, 0.2) is 53.5 Å². The Labute approximate surface area is 148 Å². The van der Waals surface area contributed by atoms with E-state index in [1.54, 1.807) is 23.6 Å². The maximum Gasteiger partial charge on any atom is 0.343 e. The molecule has 0 spiro atoms. The van der Waals surface area contributed by atoms with Gasteiger partial charge in [0.2, 0.25) is 5.43 Å². The first-order valence-electron chi connectivity index (χ1n) is 7.74. The lowest BCUT2D eigenvalue weighted by Crippen LogP contribution is -2.21. The average Bonchev–Trinajstić information content (AvgIpc) is 2.59. The van der Waals surface area contributed by atoms with Gasteiger partial charge in [0.15, 0.2) is 0 Å². The highest BCUT2D eigenvalue weighted by molar-refractivity contribution is 6.31. The van der Waals surface area contributed by atoms with E-state index in [0.29, 0.717) is 10.5 Å². The van der Waals surface area contributed by atoms with Crippen LogP contribution in [0.5, 0.6) is 0 Å². The number of aromatic nitrogens is 1. The van der Waals surface area contributed by atoms with E-state index in [1.807, 2.05) is 12.1 Å². The van der Waals surface area contributed by atoms with Crippen LogP contribution >= 0.6 is 11.6 Å². The Morgan fingerprint density at radius 3 is 2.72 bits per heavy atom.